The lowest BCUT2D eigenvalue weighted by atomic mass is 9.91. The first-order chi connectivity index (χ1) is 10.3. The Morgan fingerprint density at radius 1 is 1.36 bits per heavy atom. The summed E-state index contributed by atoms with van der Waals surface area (Å²) in [7, 11) is 3.88. The molecule has 1 unspecified atom stereocenters. The van der Waals surface area contributed by atoms with Crippen molar-refractivity contribution in [3.63, 3.8) is 0 Å². The lowest BCUT2D eigenvalue weighted by molar-refractivity contribution is -0.140. The number of hydrogen-bond donors (Lipinski definition) is 2. The number of amides is 2. The van der Waals surface area contributed by atoms with Crippen LogP contribution in [0.4, 0.5) is 0 Å². The molecular formula is C16H23N3O3. The van der Waals surface area contributed by atoms with Crippen molar-refractivity contribution >= 4 is 11.8 Å². The molecule has 0 bridgehead atoms. The van der Waals surface area contributed by atoms with E-state index in [1.165, 1.54) is 4.90 Å². The van der Waals surface area contributed by atoms with Crippen LogP contribution >= 0.6 is 0 Å². The predicted octanol–water partition coefficient (Wildman–Crippen LogP) is 0.201. The zero-order valence-corrected chi connectivity index (χ0v) is 13.1. The van der Waals surface area contributed by atoms with Gasteiger partial charge in [-0.15, -0.1) is 0 Å². The molecule has 1 saturated heterocycles. The molecule has 0 radical (unpaired) electrons. The van der Waals surface area contributed by atoms with Crippen molar-refractivity contribution in [2.75, 3.05) is 27.2 Å². The first-order valence-electron chi connectivity index (χ1n) is 7.38. The number of nitrogens with zero attached hydrogens (tertiary/aromatic N) is 2. The van der Waals surface area contributed by atoms with Gasteiger partial charge in [0.1, 0.15) is 0 Å². The van der Waals surface area contributed by atoms with Crippen LogP contribution in [0, 0.1) is 0 Å². The third-order valence-electron chi connectivity index (χ3n) is 3.95. The first kappa shape index (κ1) is 16.5. The normalized spacial score (nSPS) is 21.9. The smallest absolute Gasteiger partial charge is 0.254 e. The number of carbonyl (C=O) groups excluding carboxylic acids is 2. The molecule has 1 fully saturated rings. The molecule has 1 aromatic carbocycles. The average Bonchev–Trinajstić information content (AvgIpc) is 2.46. The molecule has 0 aromatic heterocycles. The molecule has 1 aliphatic heterocycles. The molecule has 1 aromatic rings. The van der Waals surface area contributed by atoms with Gasteiger partial charge in [-0.3, -0.25) is 9.59 Å². The van der Waals surface area contributed by atoms with Crippen molar-refractivity contribution in [2.24, 2.45) is 5.73 Å². The number of nitrogens with two attached hydrogens (primary N) is 1. The minimum atomic E-state index is -1.62. The fourth-order valence-electron chi connectivity index (χ4n) is 2.79. The molecule has 6 nitrogen and oxygen atoms in total. The SMILES string of the molecule is CN(C)Cc1ccccc1C(=O)N1CCCC(O)(C(N)=O)C1. The number of likely N-dealkylation sites (tertiary alicyclic amines) is 1. The largest absolute Gasteiger partial charge is 0.378 e. The first-order valence-corrected chi connectivity index (χ1v) is 7.38. The fourth-order valence-corrected chi connectivity index (χ4v) is 2.79. The van der Waals surface area contributed by atoms with Crippen molar-refractivity contribution in [3.05, 3.63) is 35.4 Å². The highest BCUT2D eigenvalue weighted by Crippen LogP contribution is 2.23. The molecule has 2 amide bonds. The van der Waals surface area contributed by atoms with E-state index in [2.05, 4.69) is 0 Å². The van der Waals surface area contributed by atoms with E-state index in [1.54, 1.807) is 6.07 Å². The Hall–Kier alpha value is -1.92. The molecule has 0 aliphatic carbocycles. The van der Waals surface area contributed by atoms with Crippen LogP contribution in [0.25, 0.3) is 0 Å². The molecule has 1 aliphatic rings. The zero-order valence-electron chi connectivity index (χ0n) is 13.1. The summed E-state index contributed by atoms with van der Waals surface area (Å²) in [5, 5.41) is 10.3. The van der Waals surface area contributed by atoms with E-state index in [4.69, 9.17) is 5.73 Å². The Bertz CT molecular complexity index is 574. The standard InChI is InChI=1S/C16H23N3O3/c1-18(2)10-12-6-3-4-7-13(12)14(20)19-9-5-8-16(22,11-19)15(17)21/h3-4,6-7,22H,5,8-11H2,1-2H3,(H2,17,21). The van der Waals surface area contributed by atoms with Crippen molar-refractivity contribution in [3.8, 4) is 0 Å². The molecule has 6 heteroatoms. The minimum absolute atomic E-state index is 0.0442. The second-order valence-electron chi connectivity index (χ2n) is 6.12. The van der Waals surface area contributed by atoms with Gasteiger partial charge < -0.3 is 20.6 Å². The Balaban J connectivity index is 2.23. The Kier molecular flexibility index (Phi) is 4.83. The second kappa shape index (κ2) is 6.46. The van der Waals surface area contributed by atoms with Crippen molar-refractivity contribution in [1.82, 2.24) is 9.80 Å². The van der Waals surface area contributed by atoms with Crippen LogP contribution in [0.2, 0.25) is 0 Å². The zero-order chi connectivity index (χ0) is 16.3. The van der Waals surface area contributed by atoms with E-state index >= 15 is 0 Å². The lowest BCUT2D eigenvalue weighted by Crippen LogP contribution is -2.57. The molecule has 120 valence electrons. The molecule has 3 N–H and O–H groups in total. The number of hydrogen-bond acceptors (Lipinski definition) is 4. The number of primary amides is 1. The number of benzene rings is 1. The topological polar surface area (TPSA) is 86.9 Å². The summed E-state index contributed by atoms with van der Waals surface area (Å²) in [6.07, 6.45) is 0.854. The lowest BCUT2D eigenvalue weighted by Gasteiger charge is -2.37. The summed E-state index contributed by atoms with van der Waals surface area (Å²) in [4.78, 5) is 27.7. The van der Waals surface area contributed by atoms with Gasteiger partial charge in [0.25, 0.3) is 11.8 Å². The third-order valence-corrected chi connectivity index (χ3v) is 3.95. The van der Waals surface area contributed by atoms with E-state index in [-0.39, 0.29) is 12.5 Å². The summed E-state index contributed by atoms with van der Waals surface area (Å²) in [5.74, 6) is -0.941. The van der Waals surface area contributed by atoms with Crippen LogP contribution < -0.4 is 5.73 Å². The fraction of sp³-hybridized carbons (Fsp3) is 0.500. The molecule has 0 saturated carbocycles. The average molecular weight is 305 g/mol. The molecular weight excluding hydrogens is 282 g/mol. The van der Waals surface area contributed by atoms with Crippen LogP contribution in [0.3, 0.4) is 0 Å². The predicted molar refractivity (Wildman–Crippen MR) is 83.1 cm³/mol. The summed E-state index contributed by atoms with van der Waals surface area (Å²) >= 11 is 0. The van der Waals surface area contributed by atoms with E-state index in [1.807, 2.05) is 37.2 Å². The summed E-state index contributed by atoms with van der Waals surface area (Å²) in [6, 6.07) is 7.40. The maximum Gasteiger partial charge on any atom is 0.254 e. The summed E-state index contributed by atoms with van der Waals surface area (Å²) < 4.78 is 0. The summed E-state index contributed by atoms with van der Waals surface area (Å²) in [6.45, 7) is 1.12. The van der Waals surface area contributed by atoms with Gasteiger partial charge in [0.2, 0.25) is 0 Å². The Morgan fingerprint density at radius 2 is 2.05 bits per heavy atom. The van der Waals surface area contributed by atoms with Crippen LogP contribution in [-0.4, -0.2) is 59.5 Å². The van der Waals surface area contributed by atoms with E-state index in [0.29, 0.717) is 31.5 Å². The number of β-amino-alcohol motifs (C(OH)–C–C–N with tert-alkyl or cyclic N) is 1. The van der Waals surface area contributed by atoms with Gasteiger partial charge in [-0.2, -0.15) is 0 Å². The van der Waals surface area contributed by atoms with E-state index in [0.717, 1.165) is 5.56 Å². The van der Waals surface area contributed by atoms with Gasteiger partial charge in [0.05, 0.1) is 6.54 Å². The van der Waals surface area contributed by atoms with Crippen molar-refractivity contribution in [2.45, 2.75) is 25.0 Å². The molecule has 22 heavy (non-hydrogen) atoms. The van der Waals surface area contributed by atoms with E-state index < -0.39 is 11.5 Å². The van der Waals surface area contributed by atoms with Crippen LogP contribution in [-0.2, 0) is 11.3 Å². The highest BCUT2D eigenvalue weighted by atomic mass is 16.3. The third kappa shape index (κ3) is 3.45. The van der Waals surface area contributed by atoms with Crippen LogP contribution in [0.1, 0.15) is 28.8 Å². The highest BCUT2D eigenvalue weighted by molar-refractivity contribution is 5.96. The quantitative estimate of drug-likeness (QED) is 0.832. The molecule has 2 rings (SSSR count). The Labute approximate surface area is 130 Å². The van der Waals surface area contributed by atoms with Crippen LogP contribution in [0.15, 0.2) is 24.3 Å². The molecule has 0 spiro atoms. The molecule has 1 atom stereocenters. The number of rotatable bonds is 4. The monoisotopic (exact) mass is 305 g/mol. The molecule has 1 heterocycles. The maximum absolute atomic E-state index is 12.8. The van der Waals surface area contributed by atoms with Gasteiger partial charge in [-0.25, -0.2) is 0 Å². The minimum Gasteiger partial charge on any atom is -0.378 e. The van der Waals surface area contributed by atoms with Gasteiger partial charge in [-0.1, -0.05) is 18.2 Å². The van der Waals surface area contributed by atoms with E-state index in [9.17, 15) is 14.7 Å². The number of aliphatic hydroxyl groups is 1. The number of carbonyl (C=O) groups is 2. The summed E-state index contributed by atoms with van der Waals surface area (Å²) in [5.41, 5.74) is 5.17. The van der Waals surface area contributed by atoms with Crippen molar-refractivity contribution in [1.29, 1.82) is 0 Å². The maximum atomic E-state index is 12.8. The van der Waals surface area contributed by atoms with Gasteiger partial charge in [0.15, 0.2) is 5.60 Å². The Morgan fingerprint density at radius 3 is 2.68 bits per heavy atom. The number of piperidine rings is 1. The van der Waals surface area contributed by atoms with Gasteiger partial charge in [-0.05, 0) is 38.6 Å². The van der Waals surface area contributed by atoms with Crippen LogP contribution in [0.5, 0.6) is 0 Å². The second-order valence-corrected chi connectivity index (χ2v) is 6.12. The van der Waals surface area contributed by atoms with Gasteiger partial charge in [0, 0.05) is 18.7 Å². The highest BCUT2D eigenvalue weighted by Gasteiger charge is 2.40. The van der Waals surface area contributed by atoms with Crippen molar-refractivity contribution < 1.29 is 14.7 Å². The van der Waals surface area contributed by atoms with Gasteiger partial charge >= 0.3 is 0 Å².